The predicted octanol–water partition coefficient (Wildman–Crippen LogP) is 4.19. The fourth-order valence-corrected chi connectivity index (χ4v) is 3.30. The van der Waals surface area contributed by atoms with Crippen LogP contribution >= 0.6 is 0 Å². The Morgan fingerprint density at radius 2 is 1.91 bits per heavy atom. The maximum absolute atomic E-state index is 5.44. The summed E-state index contributed by atoms with van der Waals surface area (Å²) in [6.07, 6.45) is 1.22. The fourth-order valence-electron chi connectivity index (χ4n) is 3.30. The van der Waals surface area contributed by atoms with Crippen LogP contribution in [0.15, 0.2) is 60.7 Å². The Labute approximate surface area is 136 Å². The molecule has 0 N–H and O–H groups in total. The third-order valence-corrected chi connectivity index (χ3v) is 4.64. The van der Waals surface area contributed by atoms with Gasteiger partial charge in [0.1, 0.15) is 11.3 Å². The van der Waals surface area contributed by atoms with Crippen molar-refractivity contribution < 1.29 is 4.74 Å². The molecule has 3 nitrogen and oxygen atoms in total. The van der Waals surface area contributed by atoms with Gasteiger partial charge in [0.15, 0.2) is 0 Å². The number of likely N-dealkylation sites (tertiary alicyclic amines) is 1. The maximum atomic E-state index is 5.44. The van der Waals surface area contributed by atoms with Crippen LogP contribution in [0.4, 0.5) is 0 Å². The van der Waals surface area contributed by atoms with Gasteiger partial charge in [0, 0.05) is 24.5 Å². The topological polar surface area (TPSA) is 25.4 Å². The molecule has 0 aliphatic carbocycles. The third kappa shape index (κ3) is 2.68. The van der Waals surface area contributed by atoms with Gasteiger partial charge in [-0.2, -0.15) is 0 Å². The first kappa shape index (κ1) is 14.2. The van der Waals surface area contributed by atoms with E-state index in [1.165, 1.54) is 12.0 Å². The second kappa shape index (κ2) is 6.01. The van der Waals surface area contributed by atoms with Gasteiger partial charge in [0.2, 0.25) is 0 Å². The average Bonchev–Trinajstić information content (AvgIpc) is 2.59. The summed E-state index contributed by atoms with van der Waals surface area (Å²) in [5.41, 5.74) is 3.45. The number of rotatable bonds is 4. The van der Waals surface area contributed by atoms with Crippen LogP contribution in [0.3, 0.4) is 0 Å². The quantitative estimate of drug-likeness (QED) is 0.722. The lowest BCUT2D eigenvalue weighted by Crippen LogP contribution is -2.40. The van der Waals surface area contributed by atoms with Gasteiger partial charge in [-0.3, -0.25) is 4.90 Å². The zero-order valence-corrected chi connectivity index (χ0v) is 13.3. The Kier molecular flexibility index (Phi) is 3.72. The lowest BCUT2D eigenvalue weighted by atomic mass is 9.94. The molecule has 3 aromatic rings. The van der Waals surface area contributed by atoms with Crippen molar-refractivity contribution >= 4 is 10.9 Å². The highest BCUT2D eigenvalue weighted by Crippen LogP contribution is 2.34. The molecule has 2 heterocycles. The van der Waals surface area contributed by atoms with Crippen LogP contribution < -0.4 is 4.74 Å². The summed E-state index contributed by atoms with van der Waals surface area (Å²) < 4.78 is 5.44. The highest BCUT2D eigenvalue weighted by atomic mass is 16.5. The largest absolute Gasteiger partial charge is 0.494 e. The van der Waals surface area contributed by atoms with E-state index >= 15 is 0 Å². The van der Waals surface area contributed by atoms with E-state index in [1.807, 2.05) is 12.1 Å². The summed E-state index contributed by atoms with van der Waals surface area (Å²) in [4.78, 5) is 7.31. The molecular formula is C20H20N2O. The van der Waals surface area contributed by atoms with Gasteiger partial charge in [-0.05, 0) is 24.1 Å². The summed E-state index contributed by atoms with van der Waals surface area (Å²) in [5, 5.41) is 1.12. The van der Waals surface area contributed by atoms with Crippen molar-refractivity contribution in [3.05, 3.63) is 71.9 Å². The number of aromatic nitrogens is 1. The number of benzene rings is 2. The van der Waals surface area contributed by atoms with Crippen molar-refractivity contribution in [2.45, 2.75) is 19.0 Å². The van der Waals surface area contributed by atoms with E-state index in [9.17, 15) is 0 Å². The number of hydrogen-bond donors (Lipinski definition) is 0. The standard InChI is InChI=1S/C20H20N2O/c1-23-19-9-5-8-16-10-11-17(21-20(16)19)14-22-13-12-18(22)15-6-3-2-4-7-15/h2-11,18H,12-14H2,1H3. The first-order valence-corrected chi connectivity index (χ1v) is 8.07. The number of hydrogen-bond acceptors (Lipinski definition) is 3. The molecule has 1 fully saturated rings. The number of fused-ring (bicyclic) bond motifs is 1. The molecule has 0 spiro atoms. The van der Waals surface area contributed by atoms with Crippen LogP contribution in [0.2, 0.25) is 0 Å². The smallest absolute Gasteiger partial charge is 0.145 e. The molecule has 1 unspecified atom stereocenters. The van der Waals surface area contributed by atoms with Gasteiger partial charge in [0.05, 0.1) is 12.8 Å². The Morgan fingerprint density at radius 1 is 1.04 bits per heavy atom. The van der Waals surface area contributed by atoms with Crippen molar-refractivity contribution in [1.82, 2.24) is 9.88 Å². The van der Waals surface area contributed by atoms with E-state index < -0.39 is 0 Å². The van der Waals surface area contributed by atoms with Crippen molar-refractivity contribution in [1.29, 1.82) is 0 Å². The number of para-hydroxylation sites is 1. The van der Waals surface area contributed by atoms with E-state index in [4.69, 9.17) is 9.72 Å². The lowest BCUT2D eigenvalue weighted by Gasteiger charge is -2.41. The van der Waals surface area contributed by atoms with Gasteiger partial charge in [-0.1, -0.05) is 48.5 Å². The Bertz CT molecular complexity index is 816. The molecule has 4 rings (SSSR count). The Hall–Kier alpha value is -2.39. The first-order valence-electron chi connectivity index (χ1n) is 8.07. The molecule has 2 aromatic carbocycles. The second-order valence-electron chi connectivity index (χ2n) is 6.02. The zero-order chi connectivity index (χ0) is 15.6. The highest BCUT2D eigenvalue weighted by molar-refractivity contribution is 5.84. The van der Waals surface area contributed by atoms with E-state index in [0.29, 0.717) is 6.04 Å². The van der Waals surface area contributed by atoms with Gasteiger partial charge >= 0.3 is 0 Å². The van der Waals surface area contributed by atoms with Gasteiger partial charge in [-0.25, -0.2) is 4.98 Å². The minimum absolute atomic E-state index is 0.520. The third-order valence-electron chi connectivity index (χ3n) is 4.64. The van der Waals surface area contributed by atoms with E-state index in [2.05, 4.69) is 53.4 Å². The number of ether oxygens (including phenoxy) is 1. The van der Waals surface area contributed by atoms with Crippen molar-refractivity contribution in [2.24, 2.45) is 0 Å². The van der Waals surface area contributed by atoms with Crippen LogP contribution in [-0.2, 0) is 6.54 Å². The van der Waals surface area contributed by atoms with Gasteiger partial charge in [0.25, 0.3) is 0 Å². The Morgan fingerprint density at radius 3 is 2.65 bits per heavy atom. The molecule has 1 aliphatic heterocycles. The summed E-state index contributed by atoms with van der Waals surface area (Å²) in [6, 6.07) is 21.6. The maximum Gasteiger partial charge on any atom is 0.145 e. The minimum Gasteiger partial charge on any atom is -0.494 e. The molecule has 1 aliphatic rings. The summed E-state index contributed by atoms with van der Waals surface area (Å²) >= 11 is 0. The van der Waals surface area contributed by atoms with E-state index in [-0.39, 0.29) is 0 Å². The molecule has 0 saturated carbocycles. The SMILES string of the molecule is COc1cccc2ccc(CN3CCC3c3ccccc3)nc12. The van der Waals surface area contributed by atoms with Crippen molar-refractivity contribution in [2.75, 3.05) is 13.7 Å². The molecule has 0 bridgehead atoms. The van der Waals surface area contributed by atoms with Crippen LogP contribution in [0.25, 0.3) is 10.9 Å². The number of methoxy groups -OCH3 is 1. The van der Waals surface area contributed by atoms with Crippen LogP contribution in [0, 0.1) is 0 Å². The van der Waals surface area contributed by atoms with Crippen LogP contribution in [-0.4, -0.2) is 23.5 Å². The molecule has 3 heteroatoms. The zero-order valence-electron chi connectivity index (χ0n) is 13.3. The molecule has 1 aromatic heterocycles. The summed E-state index contributed by atoms with van der Waals surface area (Å²) in [5.74, 6) is 0.840. The molecule has 116 valence electrons. The van der Waals surface area contributed by atoms with E-state index in [0.717, 1.165) is 35.4 Å². The normalized spacial score (nSPS) is 17.9. The molecule has 23 heavy (non-hydrogen) atoms. The first-order chi connectivity index (χ1) is 11.3. The summed E-state index contributed by atoms with van der Waals surface area (Å²) in [6.45, 7) is 2.01. The Balaban J connectivity index is 1.58. The van der Waals surface area contributed by atoms with E-state index in [1.54, 1.807) is 7.11 Å². The monoisotopic (exact) mass is 304 g/mol. The highest BCUT2D eigenvalue weighted by Gasteiger charge is 2.29. The van der Waals surface area contributed by atoms with Crippen molar-refractivity contribution in [3.63, 3.8) is 0 Å². The van der Waals surface area contributed by atoms with Crippen LogP contribution in [0.5, 0.6) is 5.75 Å². The van der Waals surface area contributed by atoms with Gasteiger partial charge in [-0.15, -0.1) is 0 Å². The molecule has 0 radical (unpaired) electrons. The molecular weight excluding hydrogens is 284 g/mol. The minimum atomic E-state index is 0.520. The number of nitrogens with zero attached hydrogens (tertiary/aromatic N) is 2. The predicted molar refractivity (Wildman–Crippen MR) is 92.5 cm³/mol. The molecule has 1 atom stereocenters. The lowest BCUT2D eigenvalue weighted by molar-refractivity contribution is 0.0805. The van der Waals surface area contributed by atoms with Crippen molar-refractivity contribution in [3.8, 4) is 5.75 Å². The fraction of sp³-hybridized carbons (Fsp3) is 0.250. The second-order valence-corrected chi connectivity index (χ2v) is 6.02. The molecule has 1 saturated heterocycles. The average molecular weight is 304 g/mol. The van der Waals surface area contributed by atoms with Crippen LogP contribution in [0.1, 0.15) is 23.7 Å². The number of pyridine rings is 1. The summed E-state index contributed by atoms with van der Waals surface area (Å²) in [7, 11) is 1.70. The van der Waals surface area contributed by atoms with Gasteiger partial charge < -0.3 is 4.74 Å². The molecule has 0 amide bonds.